The number of carboxylic acids is 2. The predicted octanol–water partition coefficient (Wildman–Crippen LogP) is -0.798. The summed E-state index contributed by atoms with van der Waals surface area (Å²) in [7, 11) is 2.92. The van der Waals surface area contributed by atoms with E-state index in [2.05, 4.69) is 5.32 Å². The second-order valence-electron chi connectivity index (χ2n) is 3.35. The van der Waals surface area contributed by atoms with Gasteiger partial charge in [-0.3, -0.25) is 4.79 Å². The van der Waals surface area contributed by atoms with Crippen LogP contribution in [0.25, 0.3) is 0 Å². The van der Waals surface area contributed by atoms with Gasteiger partial charge in [-0.1, -0.05) is 0 Å². The summed E-state index contributed by atoms with van der Waals surface area (Å²) in [5, 5.41) is 19.3. The van der Waals surface area contributed by atoms with Crippen LogP contribution < -0.4 is 5.32 Å². The van der Waals surface area contributed by atoms with E-state index in [9.17, 15) is 14.4 Å². The third-order valence-electron chi connectivity index (χ3n) is 1.95. The average molecular weight is 248 g/mol. The van der Waals surface area contributed by atoms with Crippen LogP contribution in [0.4, 0.5) is 4.79 Å². The first-order chi connectivity index (χ1) is 7.88. The Morgan fingerprint density at radius 2 is 1.94 bits per heavy atom. The Morgan fingerprint density at radius 3 is 2.35 bits per heavy atom. The van der Waals surface area contributed by atoms with E-state index in [1.165, 1.54) is 19.1 Å². The Bertz CT molecular complexity index is 293. The molecule has 0 aliphatic heterocycles. The molecule has 8 heteroatoms. The molecule has 0 aromatic heterocycles. The first-order valence-electron chi connectivity index (χ1n) is 4.83. The van der Waals surface area contributed by atoms with E-state index in [1.54, 1.807) is 0 Å². The van der Waals surface area contributed by atoms with Gasteiger partial charge in [-0.25, -0.2) is 9.59 Å². The molecule has 98 valence electrons. The fourth-order valence-electron chi connectivity index (χ4n) is 0.964. The molecule has 8 nitrogen and oxygen atoms in total. The molecule has 1 unspecified atom stereocenters. The number of ether oxygens (including phenoxy) is 1. The van der Waals surface area contributed by atoms with Gasteiger partial charge < -0.3 is 25.2 Å². The zero-order valence-electron chi connectivity index (χ0n) is 9.67. The molecular weight excluding hydrogens is 232 g/mol. The van der Waals surface area contributed by atoms with Gasteiger partial charge in [0.25, 0.3) is 0 Å². The molecule has 0 saturated heterocycles. The SMILES string of the molecule is COCCN(C)C(=O)NC(CC(=O)O)C(=O)O. The molecule has 0 saturated carbocycles. The van der Waals surface area contributed by atoms with Crippen molar-refractivity contribution in [2.45, 2.75) is 12.5 Å². The summed E-state index contributed by atoms with van der Waals surface area (Å²) >= 11 is 0. The van der Waals surface area contributed by atoms with Crippen LogP contribution in [0.5, 0.6) is 0 Å². The average Bonchev–Trinajstić information content (AvgIpc) is 2.23. The number of methoxy groups -OCH3 is 1. The van der Waals surface area contributed by atoms with Crippen LogP contribution in [0.3, 0.4) is 0 Å². The Kier molecular flexibility index (Phi) is 6.64. The molecule has 0 rings (SSSR count). The van der Waals surface area contributed by atoms with Crippen LogP contribution in [-0.4, -0.2) is 66.4 Å². The molecular formula is C9H16N2O6. The van der Waals surface area contributed by atoms with Crippen molar-refractivity contribution in [1.82, 2.24) is 10.2 Å². The number of carbonyl (C=O) groups is 3. The van der Waals surface area contributed by atoms with Crippen molar-refractivity contribution in [1.29, 1.82) is 0 Å². The molecule has 2 amide bonds. The van der Waals surface area contributed by atoms with E-state index < -0.39 is 30.4 Å². The summed E-state index contributed by atoms with van der Waals surface area (Å²) in [4.78, 5) is 33.7. The number of hydrogen-bond acceptors (Lipinski definition) is 4. The third kappa shape index (κ3) is 6.36. The molecule has 0 fully saturated rings. The predicted molar refractivity (Wildman–Crippen MR) is 56.7 cm³/mol. The lowest BCUT2D eigenvalue weighted by Crippen LogP contribution is -2.48. The van der Waals surface area contributed by atoms with Crippen molar-refractivity contribution < 1.29 is 29.3 Å². The Labute approximate surface area is 98.2 Å². The van der Waals surface area contributed by atoms with Gasteiger partial charge in [0.1, 0.15) is 6.04 Å². The minimum absolute atomic E-state index is 0.280. The maximum atomic E-state index is 11.4. The maximum absolute atomic E-state index is 11.4. The largest absolute Gasteiger partial charge is 0.481 e. The van der Waals surface area contributed by atoms with Gasteiger partial charge >= 0.3 is 18.0 Å². The van der Waals surface area contributed by atoms with Gasteiger partial charge in [0.15, 0.2) is 0 Å². The van der Waals surface area contributed by atoms with Gasteiger partial charge in [0.2, 0.25) is 0 Å². The normalized spacial score (nSPS) is 11.6. The van der Waals surface area contributed by atoms with Crippen molar-refractivity contribution in [2.75, 3.05) is 27.3 Å². The number of carboxylic acid groups (broad SMARTS) is 2. The number of amides is 2. The lowest BCUT2D eigenvalue weighted by Gasteiger charge is -2.20. The van der Waals surface area contributed by atoms with Crippen molar-refractivity contribution in [2.24, 2.45) is 0 Å². The van der Waals surface area contributed by atoms with Crippen molar-refractivity contribution in [3.63, 3.8) is 0 Å². The third-order valence-corrected chi connectivity index (χ3v) is 1.95. The number of nitrogens with one attached hydrogen (secondary N) is 1. The van der Waals surface area contributed by atoms with E-state index in [-0.39, 0.29) is 6.54 Å². The van der Waals surface area contributed by atoms with E-state index in [1.807, 2.05) is 0 Å². The summed E-state index contributed by atoms with van der Waals surface area (Å²) in [6.07, 6.45) is -0.667. The quantitative estimate of drug-likeness (QED) is 0.543. The van der Waals surface area contributed by atoms with E-state index in [0.29, 0.717) is 6.61 Å². The highest BCUT2D eigenvalue weighted by molar-refractivity contribution is 5.86. The second-order valence-corrected chi connectivity index (χ2v) is 3.35. The van der Waals surface area contributed by atoms with Gasteiger partial charge in [0, 0.05) is 20.7 Å². The molecule has 0 heterocycles. The number of nitrogens with zero attached hydrogens (tertiary/aromatic N) is 1. The van der Waals surface area contributed by atoms with Crippen LogP contribution in [0, 0.1) is 0 Å². The van der Waals surface area contributed by atoms with Crippen LogP contribution in [0.1, 0.15) is 6.42 Å². The minimum atomic E-state index is -1.44. The van der Waals surface area contributed by atoms with E-state index in [0.717, 1.165) is 0 Å². The number of urea groups is 1. The molecule has 0 bridgehead atoms. The monoisotopic (exact) mass is 248 g/mol. The highest BCUT2D eigenvalue weighted by Crippen LogP contribution is 1.95. The van der Waals surface area contributed by atoms with E-state index in [4.69, 9.17) is 14.9 Å². The minimum Gasteiger partial charge on any atom is -0.481 e. The number of likely N-dealkylation sites (N-methyl/N-ethyl adjacent to an activating group) is 1. The molecule has 1 atom stereocenters. The summed E-state index contributed by atoms with van der Waals surface area (Å²) in [5.41, 5.74) is 0. The molecule has 17 heavy (non-hydrogen) atoms. The van der Waals surface area contributed by atoms with Gasteiger partial charge in [-0.05, 0) is 0 Å². The summed E-state index contributed by atoms with van der Waals surface area (Å²) < 4.78 is 4.75. The topological polar surface area (TPSA) is 116 Å². The fourth-order valence-corrected chi connectivity index (χ4v) is 0.964. The lowest BCUT2D eigenvalue weighted by atomic mass is 10.2. The molecule has 0 aromatic rings. The Balaban J connectivity index is 4.29. The summed E-state index contributed by atoms with van der Waals surface area (Å²) in [6.45, 7) is 0.586. The van der Waals surface area contributed by atoms with Gasteiger partial charge in [0.05, 0.1) is 13.0 Å². The molecule has 3 N–H and O–H groups in total. The lowest BCUT2D eigenvalue weighted by molar-refractivity contribution is -0.145. The fraction of sp³-hybridized carbons (Fsp3) is 0.667. The van der Waals surface area contributed by atoms with Crippen molar-refractivity contribution in [3.8, 4) is 0 Å². The molecule has 0 spiro atoms. The first kappa shape index (κ1) is 15.2. The zero-order valence-corrected chi connectivity index (χ0v) is 9.67. The van der Waals surface area contributed by atoms with Gasteiger partial charge in [-0.15, -0.1) is 0 Å². The molecule has 0 aliphatic rings. The highest BCUT2D eigenvalue weighted by atomic mass is 16.5. The number of hydrogen-bond donors (Lipinski definition) is 3. The van der Waals surface area contributed by atoms with Crippen LogP contribution in [0.15, 0.2) is 0 Å². The number of aliphatic carboxylic acids is 2. The van der Waals surface area contributed by atoms with E-state index >= 15 is 0 Å². The summed E-state index contributed by atoms with van der Waals surface area (Å²) in [5.74, 6) is -2.68. The Hall–Kier alpha value is -1.83. The zero-order chi connectivity index (χ0) is 13.4. The molecule has 0 radical (unpaired) electrons. The maximum Gasteiger partial charge on any atom is 0.326 e. The van der Waals surface area contributed by atoms with Crippen LogP contribution >= 0.6 is 0 Å². The number of rotatable bonds is 7. The molecule has 0 aliphatic carbocycles. The van der Waals surface area contributed by atoms with Crippen LogP contribution in [0.2, 0.25) is 0 Å². The summed E-state index contributed by atoms with van der Waals surface area (Å²) in [6, 6.07) is -2.10. The van der Waals surface area contributed by atoms with Crippen molar-refractivity contribution in [3.05, 3.63) is 0 Å². The number of carbonyl (C=O) groups excluding carboxylic acids is 1. The van der Waals surface area contributed by atoms with Crippen molar-refractivity contribution >= 4 is 18.0 Å². The first-order valence-corrected chi connectivity index (χ1v) is 4.83. The van der Waals surface area contributed by atoms with Crippen LogP contribution in [-0.2, 0) is 14.3 Å². The smallest absolute Gasteiger partial charge is 0.326 e. The molecule has 0 aromatic carbocycles. The van der Waals surface area contributed by atoms with Gasteiger partial charge in [-0.2, -0.15) is 0 Å². The standard InChI is InChI=1S/C9H16N2O6/c1-11(3-4-17-2)9(16)10-6(8(14)15)5-7(12)13/h6H,3-5H2,1-2H3,(H,10,16)(H,12,13)(H,14,15). The second kappa shape index (κ2) is 7.44. The highest BCUT2D eigenvalue weighted by Gasteiger charge is 2.24. The Morgan fingerprint density at radius 1 is 1.35 bits per heavy atom.